The van der Waals surface area contributed by atoms with Gasteiger partial charge in [-0.2, -0.15) is 5.10 Å². The lowest BCUT2D eigenvalue weighted by Gasteiger charge is -2.13. The highest BCUT2D eigenvalue weighted by molar-refractivity contribution is 6.02. The van der Waals surface area contributed by atoms with Gasteiger partial charge >= 0.3 is 0 Å². The zero-order valence-electron chi connectivity index (χ0n) is 16.7. The first kappa shape index (κ1) is 23.3. The van der Waals surface area contributed by atoms with Crippen LogP contribution in [0.25, 0.3) is 0 Å². The molecule has 5 heteroatoms. The molecule has 0 heterocycles. The molecule has 0 amide bonds. The molecule has 0 saturated heterocycles. The third-order valence-electron chi connectivity index (χ3n) is 3.33. The van der Waals surface area contributed by atoms with Crippen LogP contribution < -0.4 is 5.43 Å². The summed E-state index contributed by atoms with van der Waals surface area (Å²) >= 11 is 0. The monoisotopic (exact) mass is 360 g/mol. The number of aromatic hydroxyl groups is 3. The van der Waals surface area contributed by atoms with Gasteiger partial charge in [-0.15, -0.1) is 0 Å². The predicted molar refractivity (Wildman–Crippen MR) is 109 cm³/mol. The van der Waals surface area contributed by atoms with E-state index in [1.807, 2.05) is 26.8 Å². The van der Waals surface area contributed by atoms with Crippen LogP contribution in [0, 0.1) is 6.92 Å². The number of phenols is 3. The molecule has 26 heavy (non-hydrogen) atoms. The first-order valence-electron chi connectivity index (χ1n) is 8.83. The third-order valence-corrected chi connectivity index (χ3v) is 3.33. The van der Waals surface area contributed by atoms with Gasteiger partial charge in [-0.05, 0) is 44.0 Å². The Bertz CT molecular complexity index is 683. The summed E-state index contributed by atoms with van der Waals surface area (Å²) in [4.78, 5) is 0. The molecule has 0 atom stereocenters. The lowest BCUT2D eigenvalue weighted by Crippen LogP contribution is -2.06. The summed E-state index contributed by atoms with van der Waals surface area (Å²) in [5.74, 6) is 0.581. The van der Waals surface area contributed by atoms with Crippen molar-refractivity contribution < 1.29 is 15.3 Å². The first-order valence-corrected chi connectivity index (χ1v) is 8.83. The van der Waals surface area contributed by atoms with Crippen molar-refractivity contribution in [1.82, 2.24) is 5.43 Å². The van der Waals surface area contributed by atoms with Crippen molar-refractivity contribution in [3.05, 3.63) is 53.1 Å². The minimum absolute atomic E-state index is 0.122. The van der Waals surface area contributed by atoms with E-state index in [0.717, 1.165) is 5.56 Å². The smallest absolute Gasteiger partial charge is 0.131 e. The van der Waals surface area contributed by atoms with Crippen LogP contribution in [0.2, 0.25) is 0 Å². The van der Waals surface area contributed by atoms with E-state index in [1.165, 1.54) is 6.42 Å². The van der Waals surface area contributed by atoms with Crippen molar-refractivity contribution in [2.24, 2.45) is 5.10 Å². The number of hydrogen-bond donors (Lipinski definition) is 4. The summed E-state index contributed by atoms with van der Waals surface area (Å²) in [5.41, 5.74) is 5.44. The summed E-state index contributed by atoms with van der Waals surface area (Å²) in [6.45, 7) is 9.79. The molecule has 0 saturated carbocycles. The van der Waals surface area contributed by atoms with Gasteiger partial charge in [-0.3, -0.25) is 0 Å². The van der Waals surface area contributed by atoms with Gasteiger partial charge in [0.1, 0.15) is 17.2 Å². The van der Waals surface area contributed by atoms with Crippen LogP contribution in [0.5, 0.6) is 17.2 Å². The molecule has 0 fully saturated rings. The summed E-state index contributed by atoms with van der Waals surface area (Å²) in [6.07, 6.45) is 1.83. The van der Waals surface area contributed by atoms with Crippen LogP contribution in [0.15, 0.2) is 41.5 Å². The largest absolute Gasteiger partial charge is 0.508 e. The lowest BCUT2D eigenvalue weighted by molar-refractivity contribution is 0.438. The Kier molecular flexibility index (Phi) is 11.3. The fourth-order valence-corrected chi connectivity index (χ4v) is 2.28. The zero-order valence-corrected chi connectivity index (χ0v) is 16.7. The van der Waals surface area contributed by atoms with Crippen LogP contribution in [0.4, 0.5) is 0 Å². The Morgan fingerprint density at radius 1 is 1.04 bits per heavy atom. The van der Waals surface area contributed by atoms with Crippen molar-refractivity contribution in [2.45, 2.75) is 47.5 Å². The molecule has 0 spiro atoms. The number of nitrogens with zero attached hydrogens (tertiary/aromatic N) is 1. The van der Waals surface area contributed by atoms with Gasteiger partial charge in [0.15, 0.2) is 0 Å². The Balaban J connectivity index is 0.000000514. The molecule has 2 aromatic rings. The molecule has 0 bridgehead atoms. The molecule has 0 radical (unpaired) electrons. The van der Waals surface area contributed by atoms with E-state index in [-0.39, 0.29) is 11.5 Å². The van der Waals surface area contributed by atoms with Crippen molar-refractivity contribution >= 4 is 5.71 Å². The quantitative estimate of drug-likeness (QED) is 0.471. The van der Waals surface area contributed by atoms with E-state index in [4.69, 9.17) is 5.11 Å². The number of benzene rings is 2. The van der Waals surface area contributed by atoms with Crippen LogP contribution >= 0.6 is 0 Å². The van der Waals surface area contributed by atoms with Gasteiger partial charge < -0.3 is 20.7 Å². The lowest BCUT2D eigenvalue weighted by atomic mass is 9.97. The topological polar surface area (TPSA) is 85.1 Å². The second kappa shape index (κ2) is 12.6. The van der Waals surface area contributed by atoms with Crippen molar-refractivity contribution in [1.29, 1.82) is 0 Å². The number of hydrazone groups is 1. The molecule has 0 aliphatic heterocycles. The van der Waals surface area contributed by atoms with Gasteiger partial charge in [0.05, 0.1) is 5.71 Å². The second-order valence-corrected chi connectivity index (χ2v) is 5.73. The summed E-state index contributed by atoms with van der Waals surface area (Å²) in [5, 5.41) is 32.5. The zero-order chi connectivity index (χ0) is 20.1. The Morgan fingerprint density at radius 3 is 1.96 bits per heavy atom. The fraction of sp³-hybridized carbons (Fsp3) is 0.381. The molecule has 0 aliphatic carbocycles. The number of rotatable bonds is 3. The Hall–Kier alpha value is -2.69. The van der Waals surface area contributed by atoms with Crippen LogP contribution in [-0.2, 0) is 6.42 Å². The highest BCUT2D eigenvalue weighted by atomic mass is 16.3. The highest BCUT2D eigenvalue weighted by Gasteiger charge is 2.16. The van der Waals surface area contributed by atoms with E-state index in [9.17, 15) is 10.2 Å². The van der Waals surface area contributed by atoms with Crippen LogP contribution in [-0.4, -0.2) is 28.1 Å². The van der Waals surface area contributed by atoms with Gasteiger partial charge in [-0.1, -0.05) is 45.4 Å². The maximum absolute atomic E-state index is 10.1. The summed E-state index contributed by atoms with van der Waals surface area (Å²) < 4.78 is 0. The molecular weight excluding hydrogens is 328 g/mol. The highest BCUT2D eigenvalue weighted by Crippen LogP contribution is 2.34. The van der Waals surface area contributed by atoms with Crippen molar-refractivity contribution in [3.8, 4) is 17.2 Å². The van der Waals surface area contributed by atoms with Gasteiger partial charge in [0.25, 0.3) is 0 Å². The SMILES string of the molecule is CCC.CCc1c(O)cc(C)c(/C(C)=N/NC)c1O.Oc1ccccc1. The van der Waals surface area contributed by atoms with Gasteiger partial charge in [-0.25, -0.2) is 0 Å². The van der Waals surface area contributed by atoms with Gasteiger partial charge in [0, 0.05) is 18.2 Å². The number of phenolic OH excluding ortho intramolecular Hbond substituents is 3. The molecular formula is C21H32N2O3. The maximum atomic E-state index is 10.1. The molecule has 0 unspecified atom stereocenters. The number of aryl methyl sites for hydroxylation is 1. The van der Waals surface area contributed by atoms with Gasteiger partial charge in [0.2, 0.25) is 0 Å². The molecule has 0 aromatic heterocycles. The van der Waals surface area contributed by atoms with Crippen molar-refractivity contribution in [2.75, 3.05) is 7.05 Å². The van der Waals surface area contributed by atoms with Crippen molar-refractivity contribution in [3.63, 3.8) is 0 Å². The average molecular weight is 360 g/mol. The fourth-order valence-electron chi connectivity index (χ4n) is 2.28. The molecule has 2 aromatic carbocycles. The molecule has 4 N–H and O–H groups in total. The molecule has 144 valence electrons. The maximum Gasteiger partial charge on any atom is 0.131 e. The molecule has 2 rings (SSSR count). The van der Waals surface area contributed by atoms with E-state index >= 15 is 0 Å². The van der Waals surface area contributed by atoms with E-state index in [2.05, 4.69) is 24.4 Å². The molecule has 0 aliphatic rings. The van der Waals surface area contributed by atoms with E-state index in [1.54, 1.807) is 37.4 Å². The second-order valence-electron chi connectivity index (χ2n) is 5.73. The number of para-hydroxylation sites is 1. The van der Waals surface area contributed by atoms with E-state index in [0.29, 0.717) is 29.0 Å². The average Bonchev–Trinajstić information content (AvgIpc) is 2.57. The van der Waals surface area contributed by atoms with Crippen LogP contribution in [0.1, 0.15) is 50.8 Å². The van der Waals surface area contributed by atoms with Crippen LogP contribution in [0.3, 0.4) is 0 Å². The summed E-state index contributed by atoms with van der Waals surface area (Å²) in [7, 11) is 1.71. The Morgan fingerprint density at radius 2 is 1.58 bits per heavy atom. The number of hydrogen-bond acceptors (Lipinski definition) is 5. The predicted octanol–water partition coefficient (Wildman–Crippen LogP) is 4.72. The minimum atomic E-state index is 0.122. The Labute approximate surface area is 157 Å². The standard InChI is InChI=1S/C12H18N2O2.C6H6O.C3H8/c1-5-9-10(15)6-7(2)11(12(9)16)8(3)14-13-4;7-6-4-2-1-3-5-6;1-3-2/h6,13,15-16H,5H2,1-4H3;1-5,7H;3H2,1-2H3/b14-8+;;. The normalized spacial score (nSPS) is 10.2. The summed E-state index contributed by atoms with van der Waals surface area (Å²) in [6, 6.07) is 10.4. The molecule has 5 nitrogen and oxygen atoms in total. The first-order chi connectivity index (χ1) is 12.3. The third kappa shape index (κ3) is 7.47. The number of nitrogens with one attached hydrogen (secondary N) is 1. The van der Waals surface area contributed by atoms with E-state index < -0.39 is 0 Å². The minimum Gasteiger partial charge on any atom is -0.508 e.